The van der Waals surface area contributed by atoms with E-state index in [1.165, 1.54) is 0 Å². The first-order valence-corrected chi connectivity index (χ1v) is 6.97. The number of aliphatic hydroxyl groups excluding tert-OH is 1. The molecule has 2 aliphatic rings. The van der Waals surface area contributed by atoms with Crippen LogP contribution in [0.25, 0.3) is 0 Å². The van der Waals surface area contributed by atoms with Crippen LogP contribution < -0.4 is 0 Å². The maximum atomic E-state index is 11.9. The van der Waals surface area contributed by atoms with Crippen LogP contribution in [0.3, 0.4) is 0 Å². The van der Waals surface area contributed by atoms with Crippen LogP contribution in [0.4, 0.5) is 0 Å². The van der Waals surface area contributed by atoms with Crippen molar-refractivity contribution in [2.75, 3.05) is 7.05 Å². The average molecular weight is 301 g/mol. The number of aliphatic hydroxyl groups is 1. The van der Waals surface area contributed by atoms with E-state index in [1.807, 2.05) is 25.8 Å². The first kappa shape index (κ1) is 15.9. The van der Waals surface area contributed by atoms with Gasteiger partial charge >= 0.3 is 0 Å². The molecule has 0 aromatic rings. The normalized spacial score (nSPS) is 21.0. The van der Waals surface area contributed by atoms with E-state index in [4.69, 9.17) is 0 Å². The van der Waals surface area contributed by atoms with Gasteiger partial charge in [0.25, 0.3) is 0 Å². The molecular weight excluding hydrogens is 282 g/mol. The molecule has 1 aliphatic carbocycles. The molecule has 1 heterocycles. The Kier molecular flexibility index (Phi) is 4.40. The maximum absolute atomic E-state index is 11.9. The van der Waals surface area contributed by atoms with Gasteiger partial charge in [0.15, 0.2) is 11.6 Å². The van der Waals surface area contributed by atoms with Gasteiger partial charge in [0.05, 0.1) is 11.8 Å². The number of carbonyl (C=O) groups is 2. The van der Waals surface area contributed by atoms with E-state index in [2.05, 4.69) is 10.2 Å². The van der Waals surface area contributed by atoms with Crippen molar-refractivity contribution in [3.05, 3.63) is 47.8 Å². The summed E-state index contributed by atoms with van der Waals surface area (Å²) in [5, 5.41) is 17.1. The van der Waals surface area contributed by atoms with Crippen LogP contribution in [-0.4, -0.2) is 28.6 Å². The molecule has 0 aromatic heterocycles. The Morgan fingerprint density at radius 3 is 2.32 bits per heavy atom. The van der Waals surface area contributed by atoms with E-state index in [9.17, 15) is 14.7 Å². The van der Waals surface area contributed by atoms with E-state index in [-0.39, 0.29) is 28.4 Å². The highest BCUT2D eigenvalue weighted by molar-refractivity contribution is 6.22. The van der Waals surface area contributed by atoms with Gasteiger partial charge in [-0.3, -0.25) is 9.59 Å². The van der Waals surface area contributed by atoms with Crippen LogP contribution in [0.1, 0.15) is 26.7 Å². The molecule has 2 rings (SSSR count). The number of azo groups is 1. The van der Waals surface area contributed by atoms with Gasteiger partial charge < -0.3 is 10.0 Å². The SMILES string of the molecule is CN1C=CC(=C(O)N=NC=C2C(=O)CC(C)(C)CC2=O)C=C1. The van der Waals surface area contributed by atoms with Crippen LogP contribution in [0.15, 0.2) is 58.0 Å². The van der Waals surface area contributed by atoms with Gasteiger partial charge in [-0.15, -0.1) is 5.11 Å². The molecule has 0 radical (unpaired) electrons. The second kappa shape index (κ2) is 6.09. The summed E-state index contributed by atoms with van der Waals surface area (Å²) in [6.45, 7) is 3.77. The summed E-state index contributed by atoms with van der Waals surface area (Å²) >= 11 is 0. The lowest BCUT2D eigenvalue weighted by molar-refractivity contribution is -0.127. The zero-order chi connectivity index (χ0) is 16.3. The first-order chi connectivity index (χ1) is 10.3. The number of ketones is 2. The van der Waals surface area contributed by atoms with E-state index in [1.54, 1.807) is 24.6 Å². The van der Waals surface area contributed by atoms with Crippen molar-refractivity contribution < 1.29 is 14.7 Å². The average Bonchev–Trinajstić information content (AvgIpc) is 2.41. The van der Waals surface area contributed by atoms with Gasteiger partial charge in [0.2, 0.25) is 5.88 Å². The van der Waals surface area contributed by atoms with Crippen molar-refractivity contribution in [3.8, 4) is 0 Å². The lowest BCUT2D eigenvalue weighted by atomic mass is 9.74. The van der Waals surface area contributed by atoms with Gasteiger partial charge in [-0.05, 0) is 17.6 Å². The molecular formula is C16H19N3O3. The molecule has 0 unspecified atom stereocenters. The second-order valence-corrected chi connectivity index (χ2v) is 6.20. The monoisotopic (exact) mass is 301 g/mol. The van der Waals surface area contributed by atoms with Crippen LogP contribution in [0.2, 0.25) is 0 Å². The molecule has 0 aromatic carbocycles. The lowest BCUT2D eigenvalue weighted by Crippen LogP contribution is -2.31. The topological polar surface area (TPSA) is 82.3 Å². The Bertz CT molecular complexity index is 614. The zero-order valence-corrected chi connectivity index (χ0v) is 12.9. The van der Waals surface area contributed by atoms with Crippen molar-refractivity contribution in [2.24, 2.45) is 15.6 Å². The molecule has 0 amide bonds. The van der Waals surface area contributed by atoms with Crippen molar-refractivity contribution >= 4 is 11.6 Å². The number of rotatable bonds is 2. The number of allylic oxidation sites excluding steroid dienone is 4. The van der Waals surface area contributed by atoms with Crippen LogP contribution in [0, 0.1) is 5.41 Å². The molecule has 0 atom stereocenters. The zero-order valence-electron chi connectivity index (χ0n) is 12.9. The molecule has 0 saturated heterocycles. The summed E-state index contributed by atoms with van der Waals surface area (Å²) in [5.41, 5.74) is 0.245. The highest BCUT2D eigenvalue weighted by atomic mass is 16.3. The molecule has 1 N–H and O–H groups in total. The minimum atomic E-state index is -0.309. The summed E-state index contributed by atoms with van der Waals surface area (Å²) in [5.74, 6) is -0.730. The summed E-state index contributed by atoms with van der Waals surface area (Å²) in [6, 6.07) is 0. The standard InChI is InChI=1S/C16H19N3O3/c1-16(2)8-13(20)12(14(21)9-16)10-17-18-15(22)11-4-6-19(3)7-5-11/h4-7,10,22H,8-9H2,1-3H3. The van der Waals surface area contributed by atoms with E-state index in [0.29, 0.717) is 18.4 Å². The Balaban J connectivity index is 2.13. The summed E-state index contributed by atoms with van der Waals surface area (Å²) in [4.78, 5) is 25.7. The van der Waals surface area contributed by atoms with Crippen LogP contribution in [-0.2, 0) is 9.59 Å². The fraction of sp³-hybridized carbons (Fsp3) is 0.375. The quantitative estimate of drug-likeness (QED) is 0.368. The fourth-order valence-corrected chi connectivity index (χ4v) is 2.27. The summed E-state index contributed by atoms with van der Waals surface area (Å²) in [7, 11) is 1.86. The minimum Gasteiger partial charge on any atom is -0.492 e. The van der Waals surface area contributed by atoms with Crippen molar-refractivity contribution in [2.45, 2.75) is 26.7 Å². The molecule has 1 saturated carbocycles. The second-order valence-electron chi connectivity index (χ2n) is 6.20. The Morgan fingerprint density at radius 1 is 1.23 bits per heavy atom. The minimum absolute atomic E-state index is 0.0512. The molecule has 6 nitrogen and oxygen atoms in total. The van der Waals surface area contributed by atoms with Gasteiger partial charge in [-0.1, -0.05) is 13.8 Å². The number of hydrogen-bond donors (Lipinski definition) is 1. The molecule has 22 heavy (non-hydrogen) atoms. The predicted molar refractivity (Wildman–Crippen MR) is 81.7 cm³/mol. The highest BCUT2D eigenvalue weighted by Gasteiger charge is 2.35. The van der Waals surface area contributed by atoms with Crippen molar-refractivity contribution in [1.29, 1.82) is 0 Å². The highest BCUT2D eigenvalue weighted by Crippen LogP contribution is 2.33. The number of nitrogens with zero attached hydrogens (tertiary/aromatic N) is 3. The van der Waals surface area contributed by atoms with Crippen LogP contribution >= 0.6 is 0 Å². The molecule has 116 valence electrons. The number of hydrogen-bond acceptors (Lipinski definition) is 6. The first-order valence-electron chi connectivity index (χ1n) is 6.97. The summed E-state index contributed by atoms with van der Waals surface area (Å²) in [6.07, 6.45) is 8.64. The van der Waals surface area contributed by atoms with E-state index >= 15 is 0 Å². The molecule has 0 bridgehead atoms. The Labute approximate surface area is 129 Å². The van der Waals surface area contributed by atoms with Crippen molar-refractivity contribution in [1.82, 2.24) is 4.90 Å². The molecule has 0 spiro atoms. The Hall–Kier alpha value is -2.50. The molecule has 1 fully saturated rings. The third kappa shape index (κ3) is 3.78. The van der Waals surface area contributed by atoms with Crippen molar-refractivity contribution in [3.63, 3.8) is 0 Å². The predicted octanol–water partition coefficient (Wildman–Crippen LogP) is 3.02. The summed E-state index contributed by atoms with van der Waals surface area (Å²) < 4.78 is 0. The van der Waals surface area contributed by atoms with Gasteiger partial charge in [0, 0.05) is 37.9 Å². The Morgan fingerprint density at radius 2 is 1.77 bits per heavy atom. The molecule has 6 heteroatoms. The maximum Gasteiger partial charge on any atom is 0.238 e. The largest absolute Gasteiger partial charge is 0.492 e. The molecule has 1 aliphatic heterocycles. The lowest BCUT2D eigenvalue weighted by Gasteiger charge is -2.27. The number of carbonyl (C=O) groups excluding carboxylic acids is 2. The van der Waals surface area contributed by atoms with Gasteiger partial charge in [-0.25, -0.2) is 0 Å². The van der Waals surface area contributed by atoms with E-state index < -0.39 is 0 Å². The van der Waals surface area contributed by atoms with E-state index in [0.717, 1.165) is 6.20 Å². The van der Waals surface area contributed by atoms with Gasteiger partial charge in [0.1, 0.15) is 0 Å². The third-order valence-corrected chi connectivity index (χ3v) is 3.45. The van der Waals surface area contributed by atoms with Crippen LogP contribution in [0.5, 0.6) is 0 Å². The fourth-order valence-electron chi connectivity index (χ4n) is 2.27. The van der Waals surface area contributed by atoms with Gasteiger partial charge in [-0.2, -0.15) is 5.11 Å². The third-order valence-electron chi connectivity index (χ3n) is 3.45. The smallest absolute Gasteiger partial charge is 0.238 e. The number of Topliss-reactive ketones (excluding diaryl/α,β-unsaturated/α-hetero) is 2.